The minimum absolute atomic E-state index is 0.309. The van der Waals surface area contributed by atoms with Crippen molar-refractivity contribution in [2.45, 2.75) is 6.42 Å². The van der Waals surface area contributed by atoms with E-state index in [0.717, 1.165) is 29.3 Å². The Balaban J connectivity index is 2.06. The van der Waals surface area contributed by atoms with Crippen LogP contribution in [0.3, 0.4) is 0 Å². The molecular formula is C16H19N3O2. The Labute approximate surface area is 124 Å². The van der Waals surface area contributed by atoms with Gasteiger partial charge in [0.1, 0.15) is 17.3 Å². The maximum absolute atomic E-state index is 5.81. The van der Waals surface area contributed by atoms with Crippen LogP contribution in [-0.2, 0) is 13.5 Å². The van der Waals surface area contributed by atoms with E-state index in [0.29, 0.717) is 13.2 Å². The van der Waals surface area contributed by atoms with E-state index in [1.807, 2.05) is 36.0 Å². The van der Waals surface area contributed by atoms with Gasteiger partial charge in [-0.3, -0.25) is 0 Å². The first-order valence-electron chi connectivity index (χ1n) is 6.70. The molecule has 1 aromatic carbocycles. The maximum Gasteiger partial charge on any atom is 0.135 e. The molecule has 0 atom stereocenters. The summed E-state index contributed by atoms with van der Waals surface area (Å²) in [6, 6.07) is 5.56. The number of imidazole rings is 1. The summed E-state index contributed by atoms with van der Waals surface area (Å²) >= 11 is 0. The number of hydrogen-bond acceptors (Lipinski definition) is 4. The van der Waals surface area contributed by atoms with E-state index in [9.17, 15) is 0 Å². The molecule has 0 radical (unpaired) electrons. The van der Waals surface area contributed by atoms with Crippen LogP contribution in [0.25, 0.3) is 0 Å². The van der Waals surface area contributed by atoms with Gasteiger partial charge in [-0.2, -0.15) is 0 Å². The van der Waals surface area contributed by atoms with Crippen LogP contribution in [0.4, 0.5) is 0 Å². The lowest BCUT2D eigenvalue weighted by Gasteiger charge is -2.10. The van der Waals surface area contributed by atoms with Gasteiger partial charge in [0.25, 0.3) is 0 Å². The van der Waals surface area contributed by atoms with Gasteiger partial charge < -0.3 is 19.8 Å². The summed E-state index contributed by atoms with van der Waals surface area (Å²) in [6.07, 6.45) is 4.43. The first-order chi connectivity index (χ1) is 10.2. The molecular weight excluding hydrogens is 266 g/mol. The fraction of sp³-hybridized carbons (Fsp3) is 0.312. The van der Waals surface area contributed by atoms with Crippen molar-refractivity contribution in [2.24, 2.45) is 12.8 Å². The van der Waals surface area contributed by atoms with Crippen molar-refractivity contribution in [3.05, 3.63) is 42.0 Å². The van der Waals surface area contributed by atoms with Crippen LogP contribution in [0.5, 0.6) is 11.5 Å². The fourth-order valence-corrected chi connectivity index (χ4v) is 1.90. The zero-order valence-corrected chi connectivity index (χ0v) is 12.3. The molecule has 0 unspecified atom stereocenters. The molecule has 5 heteroatoms. The second-order valence-electron chi connectivity index (χ2n) is 4.42. The molecule has 1 aromatic heterocycles. The number of nitrogens with zero attached hydrogens (tertiary/aromatic N) is 2. The molecule has 0 fully saturated rings. The van der Waals surface area contributed by atoms with Gasteiger partial charge >= 0.3 is 0 Å². The minimum atomic E-state index is 0.309. The van der Waals surface area contributed by atoms with E-state index < -0.39 is 0 Å². The van der Waals surface area contributed by atoms with Crippen LogP contribution < -0.4 is 15.2 Å². The molecule has 0 spiro atoms. The average molecular weight is 285 g/mol. The first-order valence-corrected chi connectivity index (χ1v) is 6.70. The van der Waals surface area contributed by atoms with Crippen molar-refractivity contribution in [1.29, 1.82) is 0 Å². The van der Waals surface area contributed by atoms with E-state index >= 15 is 0 Å². The predicted molar refractivity (Wildman–Crippen MR) is 81.3 cm³/mol. The van der Waals surface area contributed by atoms with Crippen molar-refractivity contribution >= 4 is 0 Å². The quantitative estimate of drug-likeness (QED) is 0.843. The van der Waals surface area contributed by atoms with Crippen molar-refractivity contribution in [1.82, 2.24) is 9.55 Å². The highest BCUT2D eigenvalue weighted by atomic mass is 16.5. The predicted octanol–water partition coefficient (Wildman–Crippen LogP) is 1.36. The molecule has 2 N–H and O–H groups in total. The summed E-state index contributed by atoms with van der Waals surface area (Å²) in [5.41, 5.74) is 6.20. The molecule has 0 saturated carbocycles. The number of aromatic nitrogens is 2. The molecule has 0 aliphatic carbocycles. The summed E-state index contributed by atoms with van der Waals surface area (Å²) in [7, 11) is 3.59. The molecule has 0 amide bonds. The second kappa shape index (κ2) is 7.36. The molecule has 1 heterocycles. The monoisotopic (exact) mass is 285 g/mol. The van der Waals surface area contributed by atoms with E-state index in [-0.39, 0.29) is 0 Å². The molecule has 21 heavy (non-hydrogen) atoms. The van der Waals surface area contributed by atoms with Crippen molar-refractivity contribution < 1.29 is 9.47 Å². The Morgan fingerprint density at radius 1 is 1.38 bits per heavy atom. The molecule has 110 valence electrons. The lowest BCUT2D eigenvalue weighted by atomic mass is 10.2. The van der Waals surface area contributed by atoms with E-state index in [1.54, 1.807) is 13.3 Å². The van der Waals surface area contributed by atoms with Gasteiger partial charge in [0, 0.05) is 25.9 Å². The average Bonchev–Trinajstić information content (AvgIpc) is 2.91. The number of hydrogen-bond donors (Lipinski definition) is 1. The lowest BCUT2D eigenvalue weighted by Crippen LogP contribution is -2.07. The van der Waals surface area contributed by atoms with Crippen LogP contribution in [0.15, 0.2) is 30.6 Å². The summed E-state index contributed by atoms with van der Waals surface area (Å²) in [6.45, 7) is 0.846. The van der Waals surface area contributed by atoms with E-state index in [2.05, 4.69) is 16.8 Å². The van der Waals surface area contributed by atoms with Crippen LogP contribution in [-0.4, -0.2) is 29.8 Å². The Bertz CT molecular complexity index is 653. The van der Waals surface area contributed by atoms with Gasteiger partial charge in [0.15, 0.2) is 0 Å². The number of aryl methyl sites for hydroxylation is 1. The topological polar surface area (TPSA) is 62.3 Å². The van der Waals surface area contributed by atoms with Crippen molar-refractivity contribution in [3.63, 3.8) is 0 Å². The Hall–Kier alpha value is -2.45. The largest absolute Gasteiger partial charge is 0.497 e. The highest BCUT2D eigenvalue weighted by Gasteiger charge is 2.05. The van der Waals surface area contributed by atoms with Gasteiger partial charge in [-0.25, -0.2) is 4.98 Å². The van der Waals surface area contributed by atoms with Crippen LogP contribution in [0, 0.1) is 11.8 Å². The van der Waals surface area contributed by atoms with Gasteiger partial charge in [0.05, 0.1) is 25.8 Å². The number of nitrogens with two attached hydrogens (primary N) is 1. The Morgan fingerprint density at radius 2 is 2.24 bits per heavy atom. The van der Waals surface area contributed by atoms with Crippen LogP contribution >= 0.6 is 0 Å². The third-order valence-electron chi connectivity index (χ3n) is 3.02. The summed E-state index contributed by atoms with van der Waals surface area (Å²) < 4.78 is 13.0. The highest BCUT2D eigenvalue weighted by Crippen LogP contribution is 2.23. The first kappa shape index (κ1) is 14.9. The SMILES string of the molecule is COc1ccc(OCCc2nccn2C)c(C#CCN)c1. The molecule has 0 saturated heterocycles. The zero-order valence-electron chi connectivity index (χ0n) is 12.3. The van der Waals surface area contributed by atoms with Gasteiger partial charge in [-0.15, -0.1) is 0 Å². The minimum Gasteiger partial charge on any atom is -0.497 e. The summed E-state index contributed by atoms with van der Waals surface area (Å²) in [5, 5.41) is 0. The fourth-order valence-electron chi connectivity index (χ4n) is 1.90. The van der Waals surface area contributed by atoms with E-state index in [4.69, 9.17) is 15.2 Å². The van der Waals surface area contributed by atoms with Gasteiger partial charge in [-0.05, 0) is 18.2 Å². The van der Waals surface area contributed by atoms with Crippen LogP contribution in [0.1, 0.15) is 11.4 Å². The number of methoxy groups -OCH3 is 1. The maximum atomic E-state index is 5.81. The molecule has 2 rings (SSSR count). The standard InChI is InChI=1S/C16H19N3O2/c1-19-10-9-18-16(19)7-11-21-15-6-5-14(20-2)12-13(15)4-3-8-17/h5-6,9-10,12H,7-8,11,17H2,1-2H3. The lowest BCUT2D eigenvalue weighted by molar-refractivity contribution is 0.316. The van der Waals surface area contributed by atoms with Crippen molar-refractivity contribution in [3.8, 4) is 23.3 Å². The number of rotatable bonds is 5. The smallest absolute Gasteiger partial charge is 0.135 e. The third-order valence-corrected chi connectivity index (χ3v) is 3.02. The normalized spacial score (nSPS) is 9.86. The zero-order chi connectivity index (χ0) is 15.1. The van der Waals surface area contributed by atoms with Gasteiger partial charge in [-0.1, -0.05) is 11.8 Å². The number of benzene rings is 1. The molecule has 0 bridgehead atoms. The highest BCUT2D eigenvalue weighted by molar-refractivity contribution is 5.50. The Kier molecular flexibility index (Phi) is 5.24. The van der Waals surface area contributed by atoms with E-state index in [1.165, 1.54) is 0 Å². The molecule has 5 nitrogen and oxygen atoms in total. The van der Waals surface area contributed by atoms with Crippen LogP contribution in [0.2, 0.25) is 0 Å². The molecule has 2 aromatic rings. The second-order valence-corrected chi connectivity index (χ2v) is 4.42. The molecule has 0 aliphatic rings. The molecule has 0 aliphatic heterocycles. The summed E-state index contributed by atoms with van der Waals surface area (Å²) in [5.74, 6) is 8.29. The Morgan fingerprint density at radius 3 is 2.90 bits per heavy atom. The number of ether oxygens (including phenoxy) is 2. The third kappa shape index (κ3) is 4.01. The van der Waals surface area contributed by atoms with Crippen molar-refractivity contribution in [2.75, 3.05) is 20.3 Å². The van der Waals surface area contributed by atoms with Gasteiger partial charge in [0.2, 0.25) is 0 Å². The summed E-state index contributed by atoms with van der Waals surface area (Å²) in [4.78, 5) is 4.26.